The highest BCUT2D eigenvalue weighted by atomic mass is 32.2. The Morgan fingerprint density at radius 1 is 1.18 bits per heavy atom. The molecule has 2 heterocycles. The maximum absolute atomic E-state index is 13.7. The molecule has 0 unspecified atom stereocenters. The molecule has 0 radical (unpaired) electrons. The number of nitrogens with zero attached hydrogens (tertiary/aromatic N) is 2. The van der Waals surface area contributed by atoms with Crippen LogP contribution in [-0.2, 0) is 19.6 Å². The van der Waals surface area contributed by atoms with Crippen molar-refractivity contribution in [1.29, 1.82) is 0 Å². The van der Waals surface area contributed by atoms with E-state index in [1.807, 2.05) is 58.9 Å². The number of carbonyl (C=O) groups excluding carboxylic acids is 2. The van der Waals surface area contributed by atoms with Crippen LogP contribution in [0.2, 0.25) is 0 Å². The van der Waals surface area contributed by atoms with Gasteiger partial charge in [0.1, 0.15) is 17.9 Å². The number of ether oxygens (including phenoxy) is 1. The Labute approximate surface area is 197 Å². The highest BCUT2D eigenvalue weighted by Crippen LogP contribution is 2.36. The number of nitrogens with one attached hydrogen (secondary N) is 1. The maximum Gasteiger partial charge on any atom is 0.245 e. The first kappa shape index (κ1) is 25.5. The largest absolute Gasteiger partial charge is 0.487 e. The number of fused-ring (bicyclic) bond motifs is 1. The van der Waals surface area contributed by atoms with Gasteiger partial charge in [-0.1, -0.05) is 45.4 Å². The third-order valence-corrected chi connectivity index (χ3v) is 8.11. The van der Waals surface area contributed by atoms with Crippen LogP contribution in [0.5, 0.6) is 5.75 Å². The number of amides is 2. The third kappa shape index (κ3) is 5.51. The van der Waals surface area contributed by atoms with E-state index in [0.29, 0.717) is 25.1 Å². The van der Waals surface area contributed by atoms with Gasteiger partial charge in [-0.2, -0.15) is 4.31 Å². The Morgan fingerprint density at radius 3 is 2.36 bits per heavy atom. The second kappa shape index (κ2) is 10.0. The van der Waals surface area contributed by atoms with E-state index in [2.05, 4.69) is 5.32 Å². The highest BCUT2D eigenvalue weighted by Gasteiger charge is 2.55. The molecule has 0 saturated carbocycles. The molecule has 2 fully saturated rings. The first-order valence-corrected chi connectivity index (χ1v) is 13.6. The maximum atomic E-state index is 13.7. The SMILES string of the molecule is CC[C@@H](C)C(=O)N[C@H](C(=O)N1CC[C@@H]2[C@H]1[C@@H](Oc1ccc(C)cc1)CN2S(C)(=O)=O)C(C)C. The van der Waals surface area contributed by atoms with Gasteiger partial charge in [0.15, 0.2) is 0 Å². The minimum absolute atomic E-state index is 0.103. The predicted octanol–water partition coefficient (Wildman–Crippen LogP) is 2.17. The number of carbonyl (C=O) groups is 2. The molecule has 1 aromatic rings. The van der Waals surface area contributed by atoms with Crippen LogP contribution in [0.25, 0.3) is 0 Å². The van der Waals surface area contributed by atoms with Crippen molar-refractivity contribution in [2.75, 3.05) is 19.3 Å². The zero-order valence-electron chi connectivity index (χ0n) is 20.4. The van der Waals surface area contributed by atoms with Gasteiger partial charge in [0, 0.05) is 12.5 Å². The van der Waals surface area contributed by atoms with E-state index in [-0.39, 0.29) is 36.2 Å². The summed E-state index contributed by atoms with van der Waals surface area (Å²) in [4.78, 5) is 28.0. The van der Waals surface area contributed by atoms with Gasteiger partial charge in [-0.25, -0.2) is 8.42 Å². The number of aryl methyl sites for hydroxylation is 1. The van der Waals surface area contributed by atoms with Gasteiger partial charge < -0.3 is 15.0 Å². The first-order valence-electron chi connectivity index (χ1n) is 11.7. The number of hydrogen-bond donors (Lipinski definition) is 1. The van der Waals surface area contributed by atoms with Crippen LogP contribution in [-0.4, -0.2) is 73.0 Å². The van der Waals surface area contributed by atoms with Crippen molar-refractivity contribution in [3.8, 4) is 5.75 Å². The number of sulfonamides is 1. The smallest absolute Gasteiger partial charge is 0.245 e. The van der Waals surface area contributed by atoms with Crippen LogP contribution in [0.3, 0.4) is 0 Å². The zero-order valence-corrected chi connectivity index (χ0v) is 21.3. The Kier molecular flexibility index (Phi) is 7.73. The van der Waals surface area contributed by atoms with Crippen LogP contribution in [0.1, 0.15) is 46.1 Å². The van der Waals surface area contributed by atoms with Crippen molar-refractivity contribution in [3.63, 3.8) is 0 Å². The molecule has 2 saturated heterocycles. The monoisotopic (exact) mass is 479 g/mol. The summed E-state index contributed by atoms with van der Waals surface area (Å²) in [5, 5.41) is 2.93. The molecule has 33 heavy (non-hydrogen) atoms. The molecule has 0 aliphatic carbocycles. The fourth-order valence-corrected chi connectivity index (χ4v) is 5.83. The molecule has 3 rings (SSSR count). The second-order valence-corrected chi connectivity index (χ2v) is 11.7. The molecule has 0 aromatic heterocycles. The molecule has 2 aliphatic heterocycles. The molecular weight excluding hydrogens is 442 g/mol. The highest BCUT2D eigenvalue weighted by molar-refractivity contribution is 7.88. The van der Waals surface area contributed by atoms with Gasteiger partial charge >= 0.3 is 0 Å². The van der Waals surface area contributed by atoms with Crippen LogP contribution in [0.15, 0.2) is 24.3 Å². The number of rotatable bonds is 8. The first-order chi connectivity index (χ1) is 15.4. The lowest BCUT2D eigenvalue weighted by molar-refractivity contribution is -0.140. The minimum Gasteiger partial charge on any atom is -0.487 e. The molecule has 1 aromatic carbocycles. The fraction of sp³-hybridized carbons (Fsp3) is 0.667. The molecular formula is C24H37N3O5S. The Bertz CT molecular complexity index is 963. The quantitative estimate of drug-likeness (QED) is 0.617. The van der Waals surface area contributed by atoms with E-state index in [1.165, 1.54) is 10.6 Å². The number of hydrogen-bond acceptors (Lipinski definition) is 5. The van der Waals surface area contributed by atoms with Crippen molar-refractivity contribution in [3.05, 3.63) is 29.8 Å². The van der Waals surface area contributed by atoms with Gasteiger partial charge in [0.05, 0.1) is 24.9 Å². The lowest BCUT2D eigenvalue weighted by Gasteiger charge is -2.33. The Balaban J connectivity index is 1.87. The van der Waals surface area contributed by atoms with E-state index >= 15 is 0 Å². The van der Waals surface area contributed by atoms with Gasteiger partial charge in [-0.05, 0) is 37.8 Å². The predicted molar refractivity (Wildman–Crippen MR) is 127 cm³/mol. The lowest BCUT2D eigenvalue weighted by Crippen LogP contribution is -2.56. The van der Waals surface area contributed by atoms with Crippen molar-refractivity contribution < 1.29 is 22.7 Å². The molecule has 0 bridgehead atoms. The van der Waals surface area contributed by atoms with E-state index in [1.54, 1.807) is 4.90 Å². The molecule has 1 N–H and O–H groups in total. The van der Waals surface area contributed by atoms with E-state index in [4.69, 9.17) is 4.74 Å². The molecule has 184 valence electrons. The summed E-state index contributed by atoms with van der Waals surface area (Å²) < 4.78 is 32.7. The van der Waals surface area contributed by atoms with Crippen molar-refractivity contribution in [2.45, 2.75) is 71.7 Å². The molecule has 0 spiro atoms. The molecule has 2 aliphatic rings. The fourth-order valence-electron chi connectivity index (χ4n) is 4.69. The van der Waals surface area contributed by atoms with Gasteiger partial charge in [-0.15, -0.1) is 0 Å². The van der Waals surface area contributed by atoms with Crippen molar-refractivity contribution in [1.82, 2.24) is 14.5 Å². The standard InChI is InChI=1S/C24H37N3O5S/c1-7-17(5)23(28)25-21(15(2)3)24(29)26-13-12-19-22(26)20(14-27(19)33(6,30)31)32-18-10-8-16(4)9-11-18/h8-11,15,17,19-22H,7,12-14H2,1-6H3,(H,25,28)/t17-,19-,20+,21+,22+/m1/s1. The van der Waals surface area contributed by atoms with Gasteiger partial charge in [0.25, 0.3) is 0 Å². The third-order valence-electron chi connectivity index (χ3n) is 6.84. The average Bonchev–Trinajstić information content (AvgIpc) is 3.33. The summed E-state index contributed by atoms with van der Waals surface area (Å²) in [6, 6.07) is 6.18. The van der Waals surface area contributed by atoms with E-state index < -0.39 is 28.2 Å². The summed E-state index contributed by atoms with van der Waals surface area (Å²) >= 11 is 0. The van der Waals surface area contributed by atoms with Crippen LogP contribution < -0.4 is 10.1 Å². The van der Waals surface area contributed by atoms with Crippen LogP contribution in [0.4, 0.5) is 0 Å². The van der Waals surface area contributed by atoms with E-state index in [0.717, 1.165) is 5.56 Å². The van der Waals surface area contributed by atoms with Gasteiger partial charge in [-0.3, -0.25) is 9.59 Å². The van der Waals surface area contributed by atoms with Crippen molar-refractivity contribution in [2.24, 2.45) is 11.8 Å². The Morgan fingerprint density at radius 2 is 1.82 bits per heavy atom. The second-order valence-electron chi connectivity index (χ2n) is 9.72. The van der Waals surface area contributed by atoms with Crippen molar-refractivity contribution >= 4 is 21.8 Å². The van der Waals surface area contributed by atoms with E-state index in [9.17, 15) is 18.0 Å². The number of likely N-dealkylation sites (tertiary alicyclic amines) is 1. The molecule has 8 nitrogen and oxygen atoms in total. The Hall–Kier alpha value is -2.13. The summed E-state index contributed by atoms with van der Waals surface area (Å²) in [7, 11) is -3.46. The van der Waals surface area contributed by atoms with Crippen LogP contribution in [0, 0.1) is 18.8 Å². The number of benzene rings is 1. The zero-order chi connectivity index (χ0) is 24.5. The normalized spacial score (nSPS) is 25.1. The summed E-state index contributed by atoms with van der Waals surface area (Å²) in [5.41, 5.74) is 1.10. The summed E-state index contributed by atoms with van der Waals surface area (Å²) in [6.07, 6.45) is 1.94. The molecule has 2 amide bonds. The molecule has 9 heteroatoms. The topological polar surface area (TPSA) is 96.0 Å². The summed E-state index contributed by atoms with van der Waals surface area (Å²) in [5.74, 6) is 0.0343. The minimum atomic E-state index is -3.46. The summed E-state index contributed by atoms with van der Waals surface area (Å²) in [6.45, 7) is 10.2. The lowest BCUT2D eigenvalue weighted by atomic mass is 9.99. The molecule has 5 atom stereocenters. The van der Waals surface area contributed by atoms with Gasteiger partial charge in [0.2, 0.25) is 21.8 Å². The van der Waals surface area contributed by atoms with Crippen LogP contribution >= 0.6 is 0 Å². The average molecular weight is 480 g/mol.